The van der Waals surface area contributed by atoms with Crippen LogP contribution in [0.25, 0.3) is 11.3 Å². The summed E-state index contributed by atoms with van der Waals surface area (Å²) in [5.74, 6) is 0.183. The van der Waals surface area contributed by atoms with Crippen LogP contribution < -0.4 is 4.90 Å². The maximum absolute atomic E-state index is 12.7. The fourth-order valence-electron chi connectivity index (χ4n) is 3.11. The second kappa shape index (κ2) is 7.00. The lowest BCUT2D eigenvalue weighted by atomic mass is 10.1. The van der Waals surface area contributed by atoms with Gasteiger partial charge in [-0.1, -0.05) is 35.0 Å². The standard InChI is InChI=1S/C20H20N4O2/c1-15-2-4-16(5-3-15)18-14-19(26-22-18)20(25)24-12-10-23(11-13-24)17-6-8-21-9-7-17/h2-9,14H,10-13H2,1H3. The molecule has 0 radical (unpaired) electrons. The summed E-state index contributed by atoms with van der Waals surface area (Å²) in [6.45, 7) is 4.92. The molecule has 0 spiro atoms. The van der Waals surface area contributed by atoms with E-state index >= 15 is 0 Å². The Bertz CT molecular complexity index is 882. The van der Waals surface area contributed by atoms with E-state index in [-0.39, 0.29) is 11.7 Å². The molecule has 1 saturated heterocycles. The molecule has 1 aromatic carbocycles. The Kier molecular flexibility index (Phi) is 4.39. The minimum absolute atomic E-state index is 0.106. The molecule has 2 aromatic heterocycles. The first-order valence-corrected chi connectivity index (χ1v) is 8.69. The zero-order valence-corrected chi connectivity index (χ0v) is 14.6. The van der Waals surface area contributed by atoms with Gasteiger partial charge in [0.25, 0.3) is 5.91 Å². The van der Waals surface area contributed by atoms with Gasteiger partial charge in [-0.15, -0.1) is 0 Å². The highest BCUT2D eigenvalue weighted by molar-refractivity contribution is 5.92. The zero-order valence-electron chi connectivity index (χ0n) is 14.6. The van der Waals surface area contributed by atoms with Gasteiger partial charge in [-0.05, 0) is 19.1 Å². The van der Waals surface area contributed by atoms with Crippen LogP contribution in [0.5, 0.6) is 0 Å². The maximum Gasteiger partial charge on any atom is 0.292 e. The van der Waals surface area contributed by atoms with Gasteiger partial charge >= 0.3 is 0 Å². The number of rotatable bonds is 3. The fourth-order valence-corrected chi connectivity index (χ4v) is 3.11. The number of benzene rings is 1. The van der Waals surface area contributed by atoms with Crippen molar-refractivity contribution in [1.29, 1.82) is 0 Å². The number of anilines is 1. The SMILES string of the molecule is Cc1ccc(-c2cc(C(=O)N3CCN(c4ccncc4)CC3)on2)cc1. The number of aryl methyl sites for hydroxylation is 1. The van der Waals surface area contributed by atoms with Crippen molar-refractivity contribution in [3.63, 3.8) is 0 Å². The molecular formula is C20H20N4O2. The number of carbonyl (C=O) groups is 1. The molecule has 6 nitrogen and oxygen atoms in total. The summed E-state index contributed by atoms with van der Waals surface area (Å²) >= 11 is 0. The van der Waals surface area contributed by atoms with Gasteiger partial charge in [0.2, 0.25) is 5.76 Å². The van der Waals surface area contributed by atoms with E-state index in [1.165, 1.54) is 5.56 Å². The number of aromatic nitrogens is 2. The Balaban J connectivity index is 1.42. The Morgan fingerprint density at radius 1 is 1.00 bits per heavy atom. The lowest BCUT2D eigenvalue weighted by Gasteiger charge is -2.35. The molecule has 1 amide bonds. The molecule has 6 heteroatoms. The molecule has 3 heterocycles. The van der Waals surface area contributed by atoms with Gasteiger partial charge in [0.1, 0.15) is 5.69 Å². The monoisotopic (exact) mass is 348 g/mol. The highest BCUT2D eigenvalue weighted by Gasteiger charge is 2.25. The molecule has 132 valence electrons. The molecule has 1 fully saturated rings. The Morgan fingerprint density at radius 2 is 1.69 bits per heavy atom. The summed E-state index contributed by atoms with van der Waals surface area (Å²) in [5.41, 5.74) is 3.94. The quantitative estimate of drug-likeness (QED) is 0.728. The summed E-state index contributed by atoms with van der Waals surface area (Å²) in [5, 5.41) is 4.05. The van der Waals surface area contributed by atoms with Crippen molar-refractivity contribution < 1.29 is 9.32 Å². The van der Waals surface area contributed by atoms with Crippen LogP contribution in [0.3, 0.4) is 0 Å². The molecular weight excluding hydrogens is 328 g/mol. The van der Waals surface area contributed by atoms with Crippen LogP contribution >= 0.6 is 0 Å². The Labute approximate surface area is 152 Å². The summed E-state index contributed by atoms with van der Waals surface area (Å²) in [6.07, 6.45) is 3.57. The minimum Gasteiger partial charge on any atom is -0.368 e. The number of hydrogen-bond donors (Lipinski definition) is 0. The smallest absolute Gasteiger partial charge is 0.292 e. The van der Waals surface area contributed by atoms with Crippen molar-refractivity contribution in [2.75, 3.05) is 31.1 Å². The van der Waals surface area contributed by atoms with Gasteiger partial charge in [-0.2, -0.15) is 0 Å². The van der Waals surface area contributed by atoms with Crippen molar-refractivity contribution in [2.45, 2.75) is 6.92 Å². The van der Waals surface area contributed by atoms with Crippen LogP contribution in [0.4, 0.5) is 5.69 Å². The first-order valence-electron chi connectivity index (χ1n) is 8.69. The molecule has 0 aliphatic carbocycles. The number of piperazine rings is 1. The van der Waals surface area contributed by atoms with Crippen LogP contribution in [-0.4, -0.2) is 47.1 Å². The van der Waals surface area contributed by atoms with E-state index in [9.17, 15) is 4.79 Å². The number of hydrogen-bond acceptors (Lipinski definition) is 5. The van der Waals surface area contributed by atoms with E-state index in [2.05, 4.69) is 15.0 Å². The highest BCUT2D eigenvalue weighted by atomic mass is 16.5. The van der Waals surface area contributed by atoms with Gasteiger partial charge in [-0.3, -0.25) is 9.78 Å². The summed E-state index contributed by atoms with van der Waals surface area (Å²) in [4.78, 5) is 20.8. The minimum atomic E-state index is -0.106. The average Bonchev–Trinajstić information content (AvgIpc) is 3.19. The number of pyridine rings is 1. The molecule has 1 aliphatic rings. The molecule has 26 heavy (non-hydrogen) atoms. The van der Waals surface area contributed by atoms with Gasteiger partial charge < -0.3 is 14.3 Å². The molecule has 0 bridgehead atoms. The third-order valence-electron chi connectivity index (χ3n) is 4.66. The topological polar surface area (TPSA) is 62.5 Å². The molecule has 3 aromatic rings. The van der Waals surface area contributed by atoms with E-state index in [1.54, 1.807) is 18.5 Å². The van der Waals surface area contributed by atoms with Crippen LogP contribution in [0.2, 0.25) is 0 Å². The van der Waals surface area contributed by atoms with Gasteiger partial charge in [0, 0.05) is 55.9 Å². The summed E-state index contributed by atoms with van der Waals surface area (Å²) in [7, 11) is 0. The van der Waals surface area contributed by atoms with E-state index < -0.39 is 0 Å². The third kappa shape index (κ3) is 3.31. The van der Waals surface area contributed by atoms with Crippen LogP contribution in [0, 0.1) is 6.92 Å². The van der Waals surface area contributed by atoms with Crippen molar-refractivity contribution >= 4 is 11.6 Å². The molecule has 4 rings (SSSR count). The Hall–Kier alpha value is -3.15. The van der Waals surface area contributed by atoms with Gasteiger partial charge in [-0.25, -0.2) is 0 Å². The molecule has 0 N–H and O–H groups in total. The fraction of sp³-hybridized carbons (Fsp3) is 0.250. The molecule has 0 unspecified atom stereocenters. The van der Waals surface area contributed by atoms with Crippen LogP contribution in [0.1, 0.15) is 16.1 Å². The normalized spacial score (nSPS) is 14.5. The highest BCUT2D eigenvalue weighted by Crippen LogP contribution is 2.21. The van der Waals surface area contributed by atoms with Crippen molar-refractivity contribution in [2.24, 2.45) is 0 Å². The second-order valence-corrected chi connectivity index (χ2v) is 6.43. The summed E-state index contributed by atoms with van der Waals surface area (Å²) < 4.78 is 5.31. The van der Waals surface area contributed by atoms with E-state index in [1.807, 2.05) is 48.2 Å². The molecule has 1 aliphatic heterocycles. The van der Waals surface area contributed by atoms with E-state index in [0.717, 1.165) is 24.3 Å². The van der Waals surface area contributed by atoms with Crippen molar-refractivity contribution in [1.82, 2.24) is 15.0 Å². The number of carbonyl (C=O) groups excluding carboxylic acids is 1. The zero-order chi connectivity index (χ0) is 17.9. The third-order valence-corrected chi connectivity index (χ3v) is 4.66. The predicted octanol–water partition coefficient (Wildman–Crippen LogP) is 3.01. The van der Waals surface area contributed by atoms with Gasteiger partial charge in [0.05, 0.1) is 0 Å². The van der Waals surface area contributed by atoms with Crippen LogP contribution in [0.15, 0.2) is 59.4 Å². The largest absolute Gasteiger partial charge is 0.368 e. The average molecular weight is 348 g/mol. The number of amides is 1. The number of nitrogens with zero attached hydrogens (tertiary/aromatic N) is 4. The lowest BCUT2D eigenvalue weighted by Crippen LogP contribution is -2.48. The predicted molar refractivity (Wildman–Crippen MR) is 99.0 cm³/mol. The maximum atomic E-state index is 12.7. The van der Waals surface area contributed by atoms with E-state index in [0.29, 0.717) is 18.8 Å². The Morgan fingerprint density at radius 3 is 2.38 bits per heavy atom. The van der Waals surface area contributed by atoms with Gasteiger partial charge in [0.15, 0.2) is 0 Å². The van der Waals surface area contributed by atoms with E-state index in [4.69, 9.17) is 4.52 Å². The summed E-state index contributed by atoms with van der Waals surface area (Å²) in [6, 6.07) is 13.7. The van der Waals surface area contributed by atoms with Crippen molar-refractivity contribution in [3.8, 4) is 11.3 Å². The second-order valence-electron chi connectivity index (χ2n) is 6.43. The molecule has 0 saturated carbocycles. The molecule has 0 atom stereocenters. The lowest BCUT2D eigenvalue weighted by molar-refractivity contribution is 0.0705. The van der Waals surface area contributed by atoms with Crippen molar-refractivity contribution in [3.05, 3.63) is 66.2 Å². The van der Waals surface area contributed by atoms with Crippen LogP contribution in [-0.2, 0) is 0 Å². The first-order chi connectivity index (χ1) is 12.7. The first kappa shape index (κ1) is 16.3.